The highest BCUT2D eigenvalue weighted by atomic mass is 16.5. The van der Waals surface area contributed by atoms with Crippen molar-refractivity contribution in [3.05, 3.63) is 35.3 Å². The standard InChI is InChI=1S/C12H14O4/c1-2-3-8-16-12(15)10-7-5-4-6-9(10)11(13)14/h4-7H,2-3,8H2,1H3,(H,13,14)/i4D,5D,6D,7D. The van der Waals surface area contributed by atoms with E-state index in [9.17, 15) is 9.59 Å². The highest BCUT2D eigenvalue weighted by molar-refractivity contribution is 6.02. The van der Waals surface area contributed by atoms with E-state index in [-0.39, 0.29) is 6.61 Å². The lowest BCUT2D eigenvalue weighted by Gasteiger charge is -2.06. The lowest BCUT2D eigenvalue weighted by Crippen LogP contribution is -2.12. The summed E-state index contributed by atoms with van der Waals surface area (Å²) in [5, 5.41) is 9.05. The SMILES string of the molecule is [2H]c1c([2H])c([2H])c(C(=O)OCCCC)c(C(=O)O)c1[2H]. The largest absolute Gasteiger partial charge is 0.478 e. The Balaban J connectivity index is 3.37. The van der Waals surface area contributed by atoms with Crippen LogP contribution in [0.4, 0.5) is 0 Å². The van der Waals surface area contributed by atoms with E-state index in [1.807, 2.05) is 6.92 Å². The fourth-order valence-corrected chi connectivity index (χ4v) is 1.01. The minimum atomic E-state index is -1.60. The van der Waals surface area contributed by atoms with Gasteiger partial charge < -0.3 is 9.84 Å². The molecule has 16 heavy (non-hydrogen) atoms. The van der Waals surface area contributed by atoms with Crippen molar-refractivity contribution < 1.29 is 24.9 Å². The average molecular weight is 226 g/mol. The molecule has 0 saturated carbocycles. The summed E-state index contributed by atoms with van der Waals surface area (Å²) < 4.78 is 34.9. The molecule has 0 amide bonds. The van der Waals surface area contributed by atoms with E-state index in [1.54, 1.807) is 0 Å². The van der Waals surface area contributed by atoms with E-state index in [4.69, 9.17) is 15.3 Å². The number of benzene rings is 1. The maximum absolute atomic E-state index is 11.8. The molecule has 0 bridgehead atoms. The average Bonchev–Trinajstić information content (AvgIpc) is 2.39. The predicted molar refractivity (Wildman–Crippen MR) is 58.6 cm³/mol. The van der Waals surface area contributed by atoms with E-state index in [2.05, 4.69) is 0 Å². The molecule has 0 spiro atoms. The molecule has 4 heteroatoms. The predicted octanol–water partition coefficient (Wildman–Crippen LogP) is 2.34. The lowest BCUT2D eigenvalue weighted by molar-refractivity contribution is 0.0489. The first-order valence-electron chi connectivity index (χ1n) is 6.83. The molecule has 0 radical (unpaired) electrons. The zero-order valence-corrected chi connectivity index (χ0v) is 8.79. The number of esters is 1. The molecule has 0 aliphatic rings. The van der Waals surface area contributed by atoms with Gasteiger partial charge in [0.25, 0.3) is 0 Å². The molecule has 1 aromatic rings. The van der Waals surface area contributed by atoms with Crippen LogP contribution in [0.1, 0.15) is 46.0 Å². The van der Waals surface area contributed by atoms with Crippen molar-refractivity contribution in [2.75, 3.05) is 6.61 Å². The van der Waals surface area contributed by atoms with Gasteiger partial charge in [0.05, 0.1) is 23.2 Å². The van der Waals surface area contributed by atoms with Crippen LogP contribution in [0.15, 0.2) is 24.2 Å². The highest BCUT2D eigenvalue weighted by Gasteiger charge is 2.16. The second kappa shape index (κ2) is 5.90. The summed E-state index contributed by atoms with van der Waals surface area (Å²) in [5.41, 5.74) is -1.41. The number of rotatable bonds is 5. The van der Waals surface area contributed by atoms with Gasteiger partial charge in [-0.25, -0.2) is 9.59 Å². The summed E-state index contributed by atoms with van der Waals surface area (Å²) in [5.74, 6) is -2.65. The molecule has 0 heterocycles. The van der Waals surface area contributed by atoms with Crippen molar-refractivity contribution in [3.63, 3.8) is 0 Å². The number of carbonyl (C=O) groups excluding carboxylic acids is 1. The van der Waals surface area contributed by atoms with Crippen LogP contribution in [-0.4, -0.2) is 23.7 Å². The van der Waals surface area contributed by atoms with Crippen LogP contribution < -0.4 is 0 Å². The molecule has 0 aliphatic heterocycles. The first-order chi connectivity index (χ1) is 9.32. The molecule has 1 N–H and O–H groups in total. The van der Waals surface area contributed by atoms with Gasteiger partial charge >= 0.3 is 11.9 Å². The minimum Gasteiger partial charge on any atom is -0.478 e. The first-order valence-corrected chi connectivity index (χ1v) is 4.83. The first kappa shape index (κ1) is 7.44. The number of ether oxygens (including phenoxy) is 1. The number of aromatic carboxylic acids is 1. The molecule has 1 aromatic carbocycles. The number of hydrogen-bond donors (Lipinski definition) is 1. The van der Waals surface area contributed by atoms with Crippen LogP contribution in [0.25, 0.3) is 0 Å². The van der Waals surface area contributed by atoms with Crippen molar-refractivity contribution in [3.8, 4) is 0 Å². The zero-order chi connectivity index (χ0) is 15.4. The van der Waals surface area contributed by atoms with Crippen molar-refractivity contribution >= 4 is 11.9 Å². The third-order valence-corrected chi connectivity index (χ3v) is 1.84. The fourth-order valence-electron chi connectivity index (χ4n) is 1.01. The molecule has 86 valence electrons. The third kappa shape index (κ3) is 3.08. The van der Waals surface area contributed by atoms with Gasteiger partial charge in [0.15, 0.2) is 0 Å². The molecule has 0 unspecified atom stereocenters. The Hall–Kier alpha value is -1.84. The van der Waals surface area contributed by atoms with E-state index < -0.39 is 47.2 Å². The zero-order valence-electron chi connectivity index (χ0n) is 12.8. The lowest BCUT2D eigenvalue weighted by atomic mass is 10.1. The molecule has 0 saturated heterocycles. The maximum atomic E-state index is 11.8. The van der Waals surface area contributed by atoms with Gasteiger partial charge in [-0.2, -0.15) is 0 Å². The fraction of sp³-hybridized carbons (Fsp3) is 0.333. The van der Waals surface area contributed by atoms with Crippen molar-refractivity contribution in [1.29, 1.82) is 0 Å². The van der Waals surface area contributed by atoms with E-state index in [0.717, 1.165) is 6.42 Å². The third-order valence-electron chi connectivity index (χ3n) is 1.84. The monoisotopic (exact) mass is 226 g/mol. The van der Waals surface area contributed by atoms with E-state index in [1.165, 1.54) is 0 Å². The topological polar surface area (TPSA) is 63.6 Å². The second-order valence-electron chi connectivity index (χ2n) is 3.04. The molecular weight excluding hydrogens is 208 g/mol. The van der Waals surface area contributed by atoms with Gasteiger partial charge in [0.2, 0.25) is 0 Å². The Kier molecular flexibility index (Phi) is 2.74. The van der Waals surface area contributed by atoms with Gasteiger partial charge in [0, 0.05) is 0 Å². The summed E-state index contributed by atoms with van der Waals surface area (Å²) in [7, 11) is 0. The number of carboxylic acid groups (broad SMARTS) is 1. The van der Waals surface area contributed by atoms with Crippen LogP contribution in [0, 0.1) is 0 Å². The molecular formula is C12H14O4. The van der Waals surface area contributed by atoms with E-state index >= 15 is 0 Å². The van der Waals surface area contributed by atoms with Crippen molar-refractivity contribution in [2.24, 2.45) is 0 Å². The molecule has 0 fully saturated rings. The number of unbranched alkanes of at least 4 members (excludes halogenated alkanes) is 1. The molecule has 4 nitrogen and oxygen atoms in total. The van der Waals surface area contributed by atoms with E-state index in [0.29, 0.717) is 6.42 Å². The minimum absolute atomic E-state index is 0.0666. The van der Waals surface area contributed by atoms with Gasteiger partial charge in [-0.1, -0.05) is 25.4 Å². The summed E-state index contributed by atoms with van der Waals surface area (Å²) >= 11 is 0. The molecule has 0 aliphatic carbocycles. The quantitative estimate of drug-likeness (QED) is 0.618. The number of carboxylic acids is 1. The van der Waals surface area contributed by atoms with Crippen LogP contribution in [0.5, 0.6) is 0 Å². The molecule has 1 rings (SSSR count). The normalized spacial score (nSPS) is 13.3. The maximum Gasteiger partial charge on any atom is 0.339 e. The van der Waals surface area contributed by atoms with Crippen molar-refractivity contribution in [1.82, 2.24) is 0 Å². The van der Waals surface area contributed by atoms with Gasteiger partial charge in [-0.3, -0.25) is 0 Å². The summed E-state index contributed by atoms with van der Waals surface area (Å²) in [6, 6.07) is -2.83. The Morgan fingerprint density at radius 3 is 2.56 bits per heavy atom. The second-order valence-corrected chi connectivity index (χ2v) is 3.04. The highest BCUT2D eigenvalue weighted by Crippen LogP contribution is 2.10. The van der Waals surface area contributed by atoms with Crippen LogP contribution in [0.3, 0.4) is 0 Å². The Morgan fingerprint density at radius 2 is 2.00 bits per heavy atom. The summed E-state index contributed by atoms with van der Waals surface area (Å²) in [6.45, 7) is 1.95. The number of carbonyl (C=O) groups is 2. The molecule has 0 atom stereocenters. The Bertz CT molecular complexity index is 557. The summed E-state index contributed by atoms with van der Waals surface area (Å²) in [4.78, 5) is 23.0. The smallest absolute Gasteiger partial charge is 0.339 e. The summed E-state index contributed by atoms with van der Waals surface area (Å²) in [6.07, 6.45) is 1.35. The van der Waals surface area contributed by atoms with Crippen LogP contribution >= 0.6 is 0 Å². The van der Waals surface area contributed by atoms with Crippen molar-refractivity contribution in [2.45, 2.75) is 19.8 Å². The van der Waals surface area contributed by atoms with Gasteiger partial charge in [0.1, 0.15) is 0 Å². The molecule has 0 aromatic heterocycles. The van der Waals surface area contributed by atoms with Gasteiger partial charge in [-0.05, 0) is 18.5 Å². The Morgan fingerprint density at radius 1 is 1.38 bits per heavy atom. The Labute approximate surface area is 99.5 Å². The van der Waals surface area contributed by atoms with Crippen LogP contribution in [-0.2, 0) is 4.74 Å². The van der Waals surface area contributed by atoms with Gasteiger partial charge in [-0.15, -0.1) is 0 Å². The number of hydrogen-bond acceptors (Lipinski definition) is 3. The van der Waals surface area contributed by atoms with Crippen LogP contribution in [0.2, 0.25) is 0 Å².